The van der Waals surface area contributed by atoms with E-state index >= 15 is 0 Å². The van der Waals surface area contributed by atoms with Gasteiger partial charge < -0.3 is 5.73 Å². The Morgan fingerprint density at radius 2 is 1.70 bits per heavy atom. The number of hydrogen-bond donors (Lipinski definition) is 1. The number of nitrogens with zero attached hydrogens (tertiary/aromatic N) is 1. The van der Waals surface area contributed by atoms with Crippen LogP contribution in [0.5, 0.6) is 0 Å². The van der Waals surface area contributed by atoms with Crippen LogP contribution in [0.15, 0.2) is 0 Å². The summed E-state index contributed by atoms with van der Waals surface area (Å²) in [5, 5.41) is -0.585. The van der Waals surface area contributed by atoms with Crippen molar-refractivity contribution in [3.05, 3.63) is 0 Å². The molecule has 0 spiro atoms. The molecule has 1 aliphatic rings. The van der Waals surface area contributed by atoms with E-state index in [9.17, 15) is 16.8 Å². The average molecular weight is 326 g/mol. The van der Waals surface area contributed by atoms with Crippen molar-refractivity contribution in [3.63, 3.8) is 0 Å². The first-order valence-electron chi connectivity index (χ1n) is 7.19. The van der Waals surface area contributed by atoms with E-state index in [0.717, 1.165) is 12.8 Å². The van der Waals surface area contributed by atoms with Gasteiger partial charge in [-0.15, -0.1) is 0 Å². The highest BCUT2D eigenvalue weighted by Crippen LogP contribution is 2.25. The van der Waals surface area contributed by atoms with Gasteiger partial charge in [0, 0.05) is 19.1 Å². The maximum absolute atomic E-state index is 12.7. The molecule has 1 aliphatic heterocycles. The Labute approximate surface area is 122 Å². The van der Waals surface area contributed by atoms with Crippen molar-refractivity contribution in [1.82, 2.24) is 4.31 Å². The van der Waals surface area contributed by atoms with Gasteiger partial charge in [-0.2, -0.15) is 4.31 Å². The molecule has 1 saturated heterocycles. The third kappa shape index (κ3) is 4.16. The summed E-state index contributed by atoms with van der Waals surface area (Å²) in [5.41, 5.74) is 5.54. The van der Waals surface area contributed by atoms with Crippen LogP contribution in [0.1, 0.15) is 39.5 Å². The minimum absolute atomic E-state index is 0.0315. The van der Waals surface area contributed by atoms with E-state index in [1.54, 1.807) is 0 Å². The number of sulfonamides is 1. The molecule has 0 radical (unpaired) electrons. The van der Waals surface area contributed by atoms with Crippen LogP contribution in [0.2, 0.25) is 0 Å². The van der Waals surface area contributed by atoms with Gasteiger partial charge in [-0.25, -0.2) is 16.8 Å². The maximum atomic E-state index is 12.7. The highest BCUT2D eigenvalue weighted by molar-refractivity contribution is 7.92. The fourth-order valence-corrected chi connectivity index (χ4v) is 6.78. The van der Waals surface area contributed by atoms with Crippen LogP contribution in [0.4, 0.5) is 0 Å². The smallest absolute Gasteiger partial charge is 0.217 e. The third-order valence-corrected chi connectivity index (χ3v) is 8.11. The van der Waals surface area contributed by atoms with E-state index in [4.69, 9.17) is 5.73 Å². The van der Waals surface area contributed by atoms with Crippen molar-refractivity contribution in [2.75, 3.05) is 24.6 Å². The first kappa shape index (κ1) is 17.9. The summed E-state index contributed by atoms with van der Waals surface area (Å²) in [7, 11) is -6.52. The lowest BCUT2D eigenvalue weighted by atomic mass is 10.2. The topological polar surface area (TPSA) is 97.5 Å². The molecule has 0 aromatic rings. The lowest BCUT2D eigenvalue weighted by Gasteiger charge is -2.34. The number of rotatable bonds is 7. The van der Waals surface area contributed by atoms with Gasteiger partial charge in [0.25, 0.3) is 0 Å². The third-order valence-electron chi connectivity index (χ3n) is 3.95. The van der Waals surface area contributed by atoms with Crippen LogP contribution in [-0.2, 0) is 19.9 Å². The molecular weight excluding hydrogens is 300 g/mol. The normalized spacial score (nSPS) is 20.6. The summed E-state index contributed by atoms with van der Waals surface area (Å²) in [6, 6.07) is -0.0536. The van der Waals surface area contributed by atoms with Crippen LogP contribution in [-0.4, -0.2) is 57.0 Å². The molecule has 0 unspecified atom stereocenters. The number of sulfone groups is 1. The fraction of sp³-hybridized carbons (Fsp3) is 1.00. The summed E-state index contributed by atoms with van der Waals surface area (Å²) < 4.78 is 49.8. The summed E-state index contributed by atoms with van der Waals surface area (Å²) in [6.07, 6.45) is 1.87. The van der Waals surface area contributed by atoms with E-state index in [1.807, 2.05) is 13.8 Å². The summed E-state index contributed by atoms with van der Waals surface area (Å²) in [4.78, 5) is 0. The lowest BCUT2D eigenvalue weighted by Crippen LogP contribution is -2.48. The first-order valence-corrected chi connectivity index (χ1v) is 10.5. The predicted molar refractivity (Wildman–Crippen MR) is 80.7 cm³/mol. The molecule has 120 valence electrons. The van der Waals surface area contributed by atoms with Gasteiger partial charge in [0.15, 0.2) is 0 Å². The highest BCUT2D eigenvalue weighted by Gasteiger charge is 2.38. The second-order valence-electron chi connectivity index (χ2n) is 5.27. The van der Waals surface area contributed by atoms with Gasteiger partial charge in [0.2, 0.25) is 10.0 Å². The largest absolute Gasteiger partial charge is 0.329 e. The van der Waals surface area contributed by atoms with Crippen molar-refractivity contribution in [1.29, 1.82) is 0 Å². The SMILES string of the molecule is CCC(CC)N(CCN)S(=O)(=O)C1CCS(=O)(=O)CC1. The Kier molecular flexibility index (Phi) is 6.43. The zero-order chi connectivity index (χ0) is 15.4. The average Bonchev–Trinajstić information content (AvgIpc) is 2.38. The van der Waals surface area contributed by atoms with E-state index in [0.29, 0.717) is 6.54 Å². The minimum Gasteiger partial charge on any atom is -0.329 e. The molecule has 1 heterocycles. The van der Waals surface area contributed by atoms with Crippen LogP contribution >= 0.6 is 0 Å². The van der Waals surface area contributed by atoms with Gasteiger partial charge in [-0.05, 0) is 25.7 Å². The molecule has 0 amide bonds. The van der Waals surface area contributed by atoms with Crippen molar-refractivity contribution < 1.29 is 16.8 Å². The monoisotopic (exact) mass is 326 g/mol. The molecule has 20 heavy (non-hydrogen) atoms. The van der Waals surface area contributed by atoms with E-state index in [-0.39, 0.29) is 36.9 Å². The van der Waals surface area contributed by atoms with Gasteiger partial charge >= 0.3 is 0 Å². The zero-order valence-electron chi connectivity index (χ0n) is 12.3. The van der Waals surface area contributed by atoms with Crippen molar-refractivity contribution in [3.8, 4) is 0 Å². The molecule has 1 rings (SSSR count). The quantitative estimate of drug-likeness (QED) is 0.727. The molecule has 8 heteroatoms. The molecule has 6 nitrogen and oxygen atoms in total. The van der Waals surface area contributed by atoms with E-state index in [1.165, 1.54) is 4.31 Å². The second kappa shape index (κ2) is 7.20. The summed E-state index contributed by atoms with van der Waals surface area (Å²) >= 11 is 0. The van der Waals surface area contributed by atoms with Crippen molar-refractivity contribution >= 4 is 19.9 Å². The Hall–Kier alpha value is -0.180. The van der Waals surface area contributed by atoms with Gasteiger partial charge in [-0.1, -0.05) is 13.8 Å². The molecule has 2 N–H and O–H groups in total. The molecular formula is C12H26N2O4S2. The highest BCUT2D eigenvalue weighted by atomic mass is 32.2. The predicted octanol–water partition coefficient (Wildman–Crippen LogP) is 0.343. The maximum Gasteiger partial charge on any atom is 0.217 e. The van der Waals surface area contributed by atoms with Gasteiger partial charge in [0.1, 0.15) is 9.84 Å². The molecule has 0 aromatic heterocycles. The van der Waals surface area contributed by atoms with E-state index in [2.05, 4.69) is 0 Å². The summed E-state index contributed by atoms with van der Waals surface area (Å²) in [6.45, 7) is 4.50. The van der Waals surface area contributed by atoms with Gasteiger partial charge in [0.05, 0.1) is 16.8 Å². The van der Waals surface area contributed by atoms with Crippen molar-refractivity contribution in [2.45, 2.75) is 50.8 Å². The molecule has 0 aliphatic carbocycles. The first-order chi connectivity index (χ1) is 9.28. The van der Waals surface area contributed by atoms with Crippen LogP contribution in [0.25, 0.3) is 0 Å². The number of hydrogen-bond acceptors (Lipinski definition) is 5. The Bertz CT molecular complexity index is 484. The van der Waals surface area contributed by atoms with Crippen LogP contribution in [0, 0.1) is 0 Å². The van der Waals surface area contributed by atoms with Crippen LogP contribution < -0.4 is 5.73 Å². The molecule has 1 fully saturated rings. The fourth-order valence-electron chi connectivity index (χ4n) is 2.70. The summed E-state index contributed by atoms with van der Waals surface area (Å²) in [5.74, 6) is -0.0629. The van der Waals surface area contributed by atoms with Crippen LogP contribution in [0.3, 0.4) is 0 Å². The van der Waals surface area contributed by atoms with Crippen molar-refractivity contribution in [2.24, 2.45) is 5.73 Å². The molecule has 0 atom stereocenters. The van der Waals surface area contributed by atoms with Gasteiger partial charge in [-0.3, -0.25) is 0 Å². The zero-order valence-corrected chi connectivity index (χ0v) is 13.9. The molecule has 0 bridgehead atoms. The standard InChI is InChI=1S/C12H26N2O4S2/c1-3-11(4-2)14(8-7-13)20(17,18)12-5-9-19(15,16)10-6-12/h11-12H,3-10,13H2,1-2H3. The number of nitrogens with two attached hydrogens (primary N) is 1. The lowest BCUT2D eigenvalue weighted by molar-refractivity contribution is 0.304. The molecule has 0 aromatic carbocycles. The second-order valence-corrected chi connectivity index (χ2v) is 9.74. The Balaban J connectivity index is 2.93. The minimum atomic E-state index is -3.47. The Morgan fingerprint density at radius 1 is 1.20 bits per heavy atom. The molecule has 0 saturated carbocycles. The van der Waals surface area contributed by atoms with E-state index < -0.39 is 25.1 Å². The Morgan fingerprint density at radius 3 is 2.10 bits per heavy atom.